The lowest BCUT2D eigenvalue weighted by atomic mass is 9.77. The summed E-state index contributed by atoms with van der Waals surface area (Å²) in [6.07, 6.45) is 0.898. The Labute approximate surface area is 114 Å². The van der Waals surface area contributed by atoms with Crippen molar-refractivity contribution < 1.29 is 4.79 Å². The Bertz CT molecular complexity index is 454. The molecule has 1 aromatic rings. The monoisotopic (exact) mass is 259 g/mol. The summed E-state index contributed by atoms with van der Waals surface area (Å²) in [7, 11) is 0. The van der Waals surface area contributed by atoms with Crippen LogP contribution in [0.4, 0.5) is 0 Å². The topological polar surface area (TPSA) is 44.4 Å². The quantitative estimate of drug-likeness (QED) is 0.820. The highest BCUT2D eigenvalue weighted by Gasteiger charge is 2.31. The summed E-state index contributed by atoms with van der Waals surface area (Å²) in [4.78, 5) is 14.5. The number of carbonyl (C=O) groups excluding carboxylic acids is 1. The minimum atomic E-state index is 0.0826. The number of hydrogen-bond acceptors (Lipinski definition) is 3. The van der Waals surface area contributed by atoms with Gasteiger partial charge in [-0.3, -0.25) is 9.69 Å². The molecule has 19 heavy (non-hydrogen) atoms. The molecule has 4 nitrogen and oxygen atoms in total. The molecule has 1 aliphatic heterocycles. The fraction of sp³-hybridized carbons (Fsp3) is 0.533. The van der Waals surface area contributed by atoms with Gasteiger partial charge in [-0.1, -0.05) is 24.3 Å². The number of nitrogens with one attached hydrogen (secondary N) is 2. The van der Waals surface area contributed by atoms with Gasteiger partial charge in [0.2, 0.25) is 5.91 Å². The number of carbonyl (C=O) groups is 1. The maximum atomic E-state index is 12.1. The molecule has 1 aliphatic carbocycles. The molecule has 4 heteroatoms. The van der Waals surface area contributed by atoms with E-state index in [0.717, 1.165) is 45.7 Å². The Morgan fingerprint density at radius 1 is 1.32 bits per heavy atom. The number of benzene rings is 1. The Hall–Kier alpha value is -1.39. The van der Waals surface area contributed by atoms with Gasteiger partial charge in [0.15, 0.2) is 0 Å². The lowest BCUT2D eigenvalue weighted by molar-refractivity contribution is -0.123. The Morgan fingerprint density at radius 2 is 2.11 bits per heavy atom. The van der Waals surface area contributed by atoms with Crippen LogP contribution in [0.3, 0.4) is 0 Å². The molecule has 0 bridgehead atoms. The molecule has 1 unspecified atom stereocenters. The van der Waals surface area contributed by atoms with Crippen LogP contribution < -0.4 is 10.6 Å². The molecule has 3 rings (SSSR count). The van der Waals surface area contributed by atoms with Crippen LogP contribution in [-0.2, 0) is 11.2 Å². The van der Waals surface area contributed by atoms with Crippen molar-refractivity contribution in [1.82, 2.24) is 15.5 Å². The largest absolute Gasteiger partial charge is 0.354 e. The molecule has 1 saturated heterocycles. The van der Waals surface area contributed by atoms with Crippen LogP contribution in [-0.4, -0.2) is 50.1 Å². The number of rotatable bonds is 4. The summed E-state index contributed by atoms with van der Waals surface area (Å²) >= 11 is 0. The van der Waals surface area contributed by atoms with Gasteiger partial charge < -0.3 is 10.6 Å². The first-order chi connectivity index (χ1) is 9.34. The second kappa shape index (κ2) is 5.72. The van der Waals surface area contributed by atoms with E-state index >= 15 is 0 Å². The smallest absolute Gasteiger partial charge is 0.227 e. The van der Waals surface area contributed by atoms with Gasteiger partial charge in [-0.15, -0.1) is 0 Å². The summed E-state index contributed by atoms with van der Waals surface area (Å²) in [5, 5.41) is 6.40. The van der Waals surface area contributed by atoms with Gasteiger partial charge in [0.25, 0.3) is 0 Å². The molecule has 2 aliphatic rings. The minimum Gasteiger partial charge on any atom is -0.354 e. The van der Waals surface area contributed by atoms with Crippen molar-refractivity contribution in [3.63, 3.8) is 0 Å². The lowest BCUT2D eigenvalue weighted by Gasteiger charge is -2.30. The third-order valence-corrected chi connectivity index (χ3v) is 4.11. The third kappa shape index (κ3) is 2.80. The third-order valence-electron chi connectivity index (χ3n) is 4.11. The van der Waals surface area contributed by atoms with Gasteiger partial charge in [0, 0.05) is 39.3 Å². The summed E-state index contributed by atoms with van der Waals surface area (Å²) < 4.78 is 0. The number of amides is 1. The molecule has 0 spiro atoms. The van der Waals surface area contributed by atoms with E-state index in [0.29, 0.717) is 0 Å². The molecule has 1 heterocycles. The van der Waals surface area contributed by atoms with Gasteiger partial charge in [0.05, 0.1) is 5.92 Å². The molecule has 1 aromatic carbocycles. The second-order valence-electron chi connectivity index (χ2n) is 5.34. The normalized spacial score (nSPS) is 22.4. The molecular weight excluding hydrogens is 238 g/mol. The Kier molecular flexibility index (Phi) is 3.80. The predicted octanol–water partition coefficient (Wildman–Crippen LogP) is 0.348. The van der Waals surface area contributed by atoms with Crippen LogP contribution in [0, 0.1) is 0 Å². The van der Waals surface area contributed by atoms with E-state index in [1.807, 2.05) is 12.1 Å². The molecular formula is C15H21N3O. The van der Waals surface area contributed by atoms with Crippen molar-refractivity contribution in [3.8, 4) is 0 Å². The van der Waals surface area contributed by atoms with Crippen molar-refractivity contribution >= 4 is 5.91 Å². The molecule has 0 saturated carbocycles. The molecule has 1 fully saturated rings. The summed E-state index contributed by atoms with van der Waals surface area (Å²) in [5.74, 6) is 0.271. The van der Waals surface area contributed by atoms with Gasteiger partial charge in [-0.2, -0.15) is 0 Å². The zero-order valence-corrected chi connectivity index (χ0v) is 11.2. The van der Waals surface area contributed by atoms with Gasteiger partial charge in [0.1, 0.15) is 0 Å². The predicted molar refractivity (Wildman–Crippen MR) is 75.2 cm³/mol. The van der Waals surface area contributed by atoms with Gasteiger partial charge >= 0.3 is 0 Å². The van der Waals surface area contributed by atoms with Crippen molar-refractivity contribution in [2.45, 2.75) is 12.3 Å². The van der Waals surface area contributed by atoms with Crippen LogP contribution in [0.25, 0.3) is 0 Å². The molecule has 1 amide bonds. The summed E-state index contributed by atoms with van der Waals surface area (Å²) in [6, 6.07) is 8.23. The van der Waals surface area contributed by atoms with E-state index in [1.54, 1.807) is 0 Å². The average Bonchev–Trinajstić information content (AvgIpc) is 2.41. The van der Waals surface area contributed by atoms with E-state index in [1.165, 1.54) is 11.1 Å². The molecule has 1 atom stereocenters. The maximum Gasteiger partial charge on any atom is 0.227 e. The van der Waals surface area contributed by atoms with E-state index < -0.39 is 0 Å². The van der Waals surface area contributed by atoms with E-state index in [-0.39, 0.29) is 11.8 Å². The van der Waals surface area contributed by atoms with E-state index in [4.69, 9.17) is 0 Å². The van der Waals surface area contributed by atoms with Crippen LogP contribution >= 0.6 is 0 Å². The first-order valence-electron chi connectivity index (χ1n) is 7.13. The first-order valence-corrected chi connectivity index (χ1v) is 7.13. The molecule has 0 radical (unpaired) electrons. The second-order valence-corrected chi connectivity index (χ2v) is 5.34. The highest BCUT2D eigenvalue weighted by atomic mass is 16.1. The summed E-state index contributed by atoms with van der Waals surface area (Å²) in [5.41, 5.74) is 2.53. The summed E-state index contributed by atoms with van der Waals surface area (Å²) in [6.45, 7) is 6.01. The van der Waals surface area contributed by atoms with Crippen molar-refractivity contribution in [2.24, 2.45) is 0 Å². The van der Waals surface area contributed by atoms with Gasteiger partial charge in [-0.05, 0) is 17.5 Å². The van der Waals surface area contributed by atoms with E-state index in [9.17, 15) is 4.79 Å². The number of hydrogen-bond donors (Lipinski definition) is 2. The van der Waals surface area contributed by atoms with E-state index in [2.05, 4.69) is 27.7 Å². The molecule has 0 aromatic heterocycles. The maximum absolute atomic E-state index is 12.1. The van der Waals surface area contributed by atoms with Crippen LogP contribution in [0.1, 0.15) is 17.0 Å². The standard InChI is InChI=1S/C15H21N3O/c19-15(14-11-12-3-1-2-4-13(12)14)17-7-10-18-8-5-16-6-9-18/h1-4,14,16H,5-11H2,(H,17,19). The molecule has 2 N–H and O–H groups in total. The van der Waals surface area contributed by atoms with Crippen LogP contribution in [0.5, 0.6) is 0 Å². The number of nitrogens with zero attached hydrogens (tertiary/aromatic N) is 1. The highest BCUT2D eigenvalue weighted by Crippen LogP contribution is 2.34. The van der Waals surface area contributed by atoms with Crippen LogP contribution in [0.15, 0.2) is 24.3 Å². The number of fused-ring (bicyclic) bond motifs is 1. The molecule has 102 valence electrons. The number of piperazine rings is 1. The zero-order chi connectivity index (χ0) is 13.1. The lowest BCUT2D eigenvalue weighted by Crippen LogP contribution is -2.47. The Morgan fingerprint density at radius 3 is 2.89 bits per heavy atom. The average molecular weight is 259 g/mol. The SMILES string of the molecule is O=C(NCCN1CCNCC1)C1Cc2ccccc21. The minimum absolute atomic E-state index is 0.0826. The van der Waals surface area contributed by atoms with Crippen LogP contribution in [0.2, 0.25) is 0 Å². The van der Waals surface area contributed by atoms with Crippen molar-refractivity contribution in [3.05, 3.63) is 35.4 Å². The van der Waals surface area contributed by atoms with Gasteiger partial charge in [-0.25, -0.2) is 0 Å². The zero-order valence-electron chi connectivity index (χ0n) is 11.2. The first kappa shape index (κ1) is 12.6. The van der Waals surface area contributed by atoms with Crippen molar-refractivity contribution in [1.29, 1.82) is 0 Å². The Balaban J connectivity index is 1.43. The fourth-order valence-electron chi connectivity index (χ4n) is 2.89. The highest BCUT2D eigenvalue weighted by molar-refractivity contribution is 5.86. The fourth-order valence-corrected chi connectivity index (χ4v) is 2.89. The van der Waals surface area contributed by atoms with Crippen molar-refractivity contribution in [2.75, 3.05) is 39.3 Å².